The lowest BCUT2D eigenvalue weighted by atomic mass is 10.1. The summed E-state index contributed by atoms with van der Waals surface area (Å²) in [6.07, 6.45) is 2.32. The zero-order valence-corrected chi connectivity index (χ0v) is 19.3. The Hall–Kier alpha value is -1.97. The molecule has 2 aliphatic rings. The van der Waals surface area contributed by atoms with Crippen LogP contribution in [0.15, 0.2) is 29.2 Å². The standard InChI is InChI=1S/C22H33N3O5S/c1-3-25(4-2)31(28,29)19-10-7-18(8-11-19)9-12-21(26)23-13-15-24(16-14-23)22(27)20-6-5-17-30-20/h7-8,10-11,20H,3-6,9,12-17H2,1-2H3. The lowest BCUT2D eigenvalue weighted by molar-refractivity contribution is -0.146. The van der Waals surface area contributed by atoms with E-state index in [9.17, 15) is 18.0 Å². The number of amides is 2. The molecule has 2 saturated heterocycles. The number of piperazine rings is 1. The summed E-state index contributed by atoms with van der Waals surface area (Å²) < 4.78 is 32.0. The van der Waals surface area contributed by atoms with E-state index < -0.39 is 10.0 Å². The maximum atomic E-state index is 12.6. The number of hydrogen-bond acceptors (Lipinski definition) is 5. The van der Waals surface area contributed by atoms with Crippen molar-refractivity contribution in [2.24, 2.45) is 0 Å². The van der Waals surface area contributed by atoms with E-state index in [1.165, 1.54) is 4.31 Å². The molecule has 31 heavy (non-hydrogen) atoms. The molecule has 1 aromatic rings. The number of nitrogens with zero attached hydrogens (tertiary/aromatic N) is 3. The first-order valence-electron chi connectivity index (χ1n) is 11.1. The highest BCUT2D eigenvalue weighted by atomic mass is 32.2. The van der Waals surface area contributed by atoms with Gasteiger partial charge in [-0.25, -0.2) is 8.42 Å². The van der Waals surface area contributed by atoms with Crippen LogP contribution in [0, 0.1) is 0 Å². The molecule has 0 radical (unpaired) electrons. The van der Waals surface area contributed by atoms with Gasteiger partial charge in [-0.05, 0) is 37.0 Å². The Bertz CT molecular complexity index is 854. The van der Waals surface area contributed by atoms with E-state index in [2.05, 4.69) is 0 Å². The van der Waals surface area contributed by atoms with Gasteiger partial charge in [-0.1, -0.05) is 26.0 Å². The number of ether oxygens (including phenoxy) is 1. The minimum atomic E-state index is -3.47. The number of sulfonamides is 1. The average molecular weight is 452 g/mol. The van der Waals surface area contributed by atoms with Crippen LogP contribution in [0.5, 0.6) is 0 Å². The van der Waals surface area contributed by atoms with E-state index in [-0.39, 0.29) is 22.8 Å². The zero-order valence-electron chi connectivity index (χ0n) is 18.5. The van der Waals surface area contributed by atoms with Crippen LogP contribution in [0.1, 0.15) is 38.7 Å². The Morgan fingerprint density at radius 1 is 1.03 bits per heavy atom. The van der Waals surface area contributed by atoms with E-state index >= 15 is 0 Å². The number of carbonyl (C=O) groups is 2. The molecule has 0 spiro atoms. The number of carbonyl (C=O) groups excluding carboxylic acids is 2. The van der Waals surface area contributed by atoms with Gasteiger partial charge in [0.1, 0.15) is 6.10 Å². The largest absolute Gasteiger partial charge is 0.368 e. The van der Waals surface area contributed by atoms with E-state index in [0.717, 1.165) is 18.4 Å². The van der Waals surface area contributed by atoms with Gasteiger partial charge >= 0.3 is 0 Å². The molecule has 1 atom stereocenters. The molecule has 2 aliphatic heterocycles. The second-order valence-electron chi connectivity index (χ2n) is 7.94. The van der Waals surface area contributed by atoms with Crippen molar-refractivity contribution in [1.29, 1.82) is 0 Å². The number of hydrogen-bond donors (Lipinski definition) is 0. The van der Waals surface area contributed by atoms with Crippen molar-refractivity contribution in [3.05, 3.63) is 29.8 Å². The summed E-state index contributed by atoms with van der Waals surface area (Å²) >= 11 is 0. The molecule has 2 amide bonds. The Balaban J connectivity index is 1.47. The van der Waals surface area contributed by atoms with E-state index in [4.69, 9.17) is 4.74 Å². The van der Waals surface area contributed by atoms with Gasteiger partial charge in [0.15, 0.2) is 0 Å². The van der Waals surface area contributed by atoms with E-state index in [0.29, 0.717) is 58.7 Å². The average Bonchev–Trinajstić information content (AvgIpc) is 3.33. The summed E-state index contributed by atoms with van der Waals surface area (Å²) in [5, 5.41) is 0. The first kappa shape index (κ1) is 23.7. The van der Waals surface area contributed by atoms with Crippen LogP contribution >= 0.6 is 0 Å². The molecule has 1 unspecified atom stereocenters. The molecular formula is C22H33N3O5S. The first-order valence-corrected chi connectivity index (χ1v) is 12.6. The summed E-state index contributed by atoms with van der Waals surface area (Å²) in [5.74, 6) is 0.105. The lowest BCUT2D eigenvalue weighted by Gasteiger charge is -2.35. The van der Waals surface area contributed by atoms with Gasteiger partial charge in [0, 0.05) is 52.3 Å². The summed E-state index contributed by atoms with van der Waals surface area (Å²) in [6.45, 7) is 7.32. The normalized spacial score (nSPS) is 19.8. The number of aryl methyl sites for hydroxylation is 1. The number of benzene rings is 1. The van der Waals surface area contributed by atoms with Crippen molar-refractivity contribution in [1.82, 2.24) is 14.1 Å². The van der Waals surface area contributed by atoms with Gasteiger partial charge in [0.25, 0.3) is 5.91 Å². The van der Waals surface area contributed by atoms with Crippen molar-refractivity contribution in [2.75, 3.05) is 45.9 Å². The highest BCUT2D eigenvalue weighted by Gasteiger charge is 2.31. The van der Waals surface area contributed by atoms with Crippen LogP contribution in [-0.2, 0) is 30.8 Å². The lowest BCUT2D eigenvalue weighted by Crippen LogP contribution is -2.52. The fourth-order valence-electron chi connectivity index (χ4n) is 4.10. The molecular weight excluding hydrogens is 418 g/mol. The summed E-state index contributed by atoms with van der Waals surface area (Å²) in [7, 11) is -3.47. The SMILES string of the molecule is CCN(CC)S(=O)(=O)c1ccc(CCC(=O)N2CCN(C(=O)C3CCCO3)CC2)cc1. The molecule has 2 fully saturated rings. The molecule has 1 aromatic carbocycles. The Labute approximate surface area is 185 Å². The van der Waals surface area contributed by atoms with E-state index in [1.807, 2.05) is 13.8 Å². The Morgan fingerprint density at radius 3 is 2.19 bits per heavy atom. The maximum Gasteiger partial charge on any atom is 0.251 e. The summed E-state index contributed by atoms with van der Waals surface area (Å²) in [4.78, 5) is 28.9. The molecule has 0 saturated carbocycles. The third-order valence-corrected chi connectivity index (χ3v) is 8.11. The van der Waals surface area contributed by atoms with Gasteiger partial charge in [-0.2, -0.15) is 4.31 Å². The van der Waals surface area contributed by atoms with Gasteiger partial charge in [0.05, 0.1) is 4.90 Å². The topological polar surface area (TPSA) is 87.2 Å². The molecule has 2 heterocycles. The van der Waals surface area contributed by atoms with Crippen LogP contribution < -0.4 is 0 Å². The third-order valence-electron chi connectivity index (χ3n) is 6.04. The van der Waals surface area contributed by atoms with Crippen molar-refractivity contribution in [3.8, 4) is 0 Å². The van der Waals surface area contributed by atoms with Crippen LogP contribution in [-0.4, -0.2) is 86.3 Å². The maximum absolute atomic E-state index is 12.6. The molecule has 172 valence electrons. The van der Waals surface area contributed by atoms with Gasteiger partial charge in [-0.3, -0.25) is 9.59 Å². The van der Waals surface area contributed by atoms with Crippen LogP contribution in [0.25, 0.3) is 0 Å². The minimum absolute atomic E-state index is 0.0457. The van der Waals surface area contributed by atoms with Crippen molar-refractivity contribution in [3.63, 3.8) is 0 Å². The highest BCUT2D eigenvalue weighted by molar-refractivity contribution is 7.89. The fraction of sp³-hybridized carbons (Fsp3) is 0.636. The minimum Gasteiger partial charge on any atom is -0.368 e. The molecule has 0 bridgehead atoms. The van der Waals surface area contributed by atoms with Crippen LogP contribution in [0.4, 0.5) is 0 Å². The van der Waals surface area contributed by atoms with Gasteiger partial charge in [0.2, 0.25) is 15.9 Å². The molecule has 8 nitrogen and oxygen atoms in total. The summed E-state index contributed by atoms with van der Waals surface area (Å²) in [5.41, 5.74) is 0.930. The smallest absolute Gasteiger partial charge is 0.251 e. The van der Waals surface area contributed by atoms with Crippen molar-refractivity contribution in [2.45, 2.75) is 50.5 Å². The van der Waals surface area contributed by atoms with Crippen molar-refractivity contribution < 1.29 is 22.7 Å². The molecule has 3 rings (SSSR count). The molecule has 9 heteroatoms. The Kier molecular flexibility index (Phi) is 8.07. The molecule has 0 aromatic heterocycles. The van der Waals surface area contributed by atoms with Crippen LogP contribution in [0.3, 0.4) is 0 Å². The van der Waals surface area contributed by atoms with Gasteiger partial charge in [-0.15, -0.1) is 0 Å². The molecule has 0 N–H and O–H groups in total. The van der Waals surface area contributed by atoms with Crippen LogP contribution in [0.2, 0.25) is 0 Å². The quantitative estimate of drug-likeness (QED) is 0.598. The van der Waals surface area contributed by atoms with Gasteiger partial charge < -0.3 is 14.5 Å². The van der Waals surface area contributed by atoms with Crippen molar-refractivity contribution >= 4 is 21.8 Å². The second kappa shape index (κ2) is 10.6. The van der Waals surface area contributed by atoms with E-state index in [1.54, 1.807) is 34.1 Å². The highest BCUT2D eigenvalue weighted by Crippen LogP contribution is 2.18. The third kappa shape index (κ3) is 5.64. The predicted octanol–water partition coefficient (Wildman–Crippen LogP) is 1.50. The predicted molar refractivity (Wildman–Crippen MR) is 117 cm³/mol. The first-order chi connectivity index (χ1) is 14.9. The molecule has 0 aliphatic carbocycles. The Morgan fingerprint density at radius 2 is 1.65 bits per heavy atom. The zero-order chi connectivity index (χ0) is 22.4. The monoisotopic (exact) mass is 451 g/mol. The second-order valence-corrected chi connectivity index (χ2v) is 9.88. The summed E-state index contributed by atoms with van der Waals surface area (Å²) in [6, 6.07) is 6.79. The fourth-order valence-corrected chi connectivity index (χ4v) is 5.56. The number of rotatable bonds is 8.